The Kier molecular flexibility index (Phi) is 5.74. The van der Waals surface area contributed by atoms with Crippen LogP contribution in [0.15, 0.2) is 77.5 Å². The summed E-state index contributed by atoms with van der Waals surface area (Å²) in [6, 6.07) is 18.7. The van der Waals surface area contributed by atoms with Gasteiger partial charge in [0, 0.05) is 16.9 Å². The lowest BCUT2D eigenvalue weighted by Gasteiger charge is -2.21. The first-order valence-corrected chi connectivity index (χ1v) is 8.51. The molecule has 0 unspecified atom stereocenters. The number of pyridine rings is 2. The van der Waals surface area contributed by atoms with Crippen LogP contribution in [0.5, 0.6) is 0 Å². The van der Waals surface area contributed by atoms with Gasteiger partial charge in [0.25, 0.3) is 0 Å². The minimum Gasteiger partial charge on any atom is -0.444 e. The van der Waals surface area contributed by atoms with Gasteiger partial charge in [-0.2, -0.15) is 0 Å². The van der Waals surface area contributed by atoms with Crippen LogP contribution in [0.4, 0.5) is 10.6 Å². The summed E-state index contributed by atoms with van der Waals surface area (Å²) in [6.45, 7) is 0.484. The van der Waals surface area contributed by atoms with E-state index in [-0.39, 0.29) is 13.2 Å². The van der Waals surface area contributed by atoms with Crippen molar-refractivity contribution in [3.63, 3.8) is 0 Å². The summed E-state index contributed by atoms with van der Waals surface area (Å²) >= 11 is 3.35. The Bertz CT molecular complexity index is 811. The molecule has 1 amide bonds. The van der Waals surface area contributed by atoms with Crippen LogP contribution in [-0.2, 0) is 17.9 Å². The molecule has 0 bridgehead atoms. The molecule has 0 saturated carbocycles. The fraction of sp³-hybridized carbons (Fsp3) is 0.105. The number of halogens is 1. The fourth-order valence-electron chi connectivity index (χ4n) is 2.22. The third-order valence-electron chi connectivity index (χ3n) is 3.46. The number of aromatic nitrogens is 2. The SMILES string of the molecule is O=C(OCc1ccccc1)N(Cc1ccccn1)c1ccc(Br)cn1. The minimum absolute atomic E-state index is 0.203. The Morgan fingerprint density at radius 1 is 1.00 bits per heavy atom. The number of hydrogen-bond acceptors (Lipinski definition) is 4. The van der Waals surface area contributed by atoms with E-state index in [9.17, 15) is 4.79 Å². The van der Waals surface area contributed by atoms with Crippen LogP contribution in [-0.4, -0.2) is 16.1 Å². The Balaban J connectivity index is 1.77. The standard InChI is InChI=1S/C19H16BrN3O2/c20-16-9-10-18(22-12-16)23(13-17-8-4-5-11-21-17)19(24)25-14-15-6-2-1-3-7-15/h1-12H,13-14H2. The number of nitrogens with zero attached hydrogens (tertiary/aromatic N) is 3. The smallest absolute Gasteiger partial charge is 0.416 e. The Labute approximate surface area is 154 Å². The molecular weight excluding hydrogens is 382 g/mol. The first-order chi connectivity index (χ1) is 12.2. The predicted molar refractivity (Wildman–Crippen MR) is 99.0 cm³/mol. The summed E-state index contributed by atoms with van der Waals surface area (Å²) in [5.41, 5.74) is 1.68. The highest BCUT2D eigenvalue weighted by Gasteiger charge is 2.19. The molecule has 0 spiro atoms. The van der Waals surface area contributed by atoms with Crippen molar-refractivity contribution in [1.29, 1.82) is 0 Å². The highest BCUT2D eigenvalue weighted by molar-refractivity contribution is 9.10. The second-order valence-electron chi connectivity index (χ2n) is 5.28. The molecule has 0 radical (unpaired) electrons. The zero-order valence-corrected chi connectivity index (χ0v) is 15.0. The van der Waals surface area contributed by atoms with Crippen molar-refractivity contribution < 1.29 is 9.53 Å². The van der Waals surface area contributed by atoms with Crippen molar-refractivity contribution in [3.8, 4) is 0 Å². The maximum Gasteiger partial charge on any atom is 0.416 e. The third kappa shape index (κ3) is 4.87. The van der Waals surface area contributed by atoms with E-state index in [0.717, 1.165) is 15.7 Å². The quantitative estimate of drug-likeness (QED) is 0.631. The predicted octanol–water partition coefficient (Wildman–Crippen LogP) is 4.58. The lowest BCUT2D eigenvalue weighted by molar-refractivity contribution is 0.146. The average molecular weight is 398 g/mol. The number of carbonyl (C=O) groups is 1. The molecule has 2 aromatic heterocycles. The Morgan fingerprint density at radius 3 is 2.48 bits per heavy atom. The topological polar surface area (TPSA) is 55.3 Å². The molecule has 5 nitrogen and oxygen atoms in total. The number of carbonyl (C=O) groups excluding carboxylic acids is 1. The first-order valence-electron chi connectivity index (χ1n) is 7.72. The summed E-state index contributed by atoms with van der Waals surface area (Å²) in [5, 5.41) is 0. The van der Waals surface area contributed by atoms with E-state index in [1.165, 1.54) is 4.90 Å². The number of hydrogen-bond donors (Lipinski definition) is 0. The molecule has 0 aliphatic carbocycles. The molecule has 126 valence electrons. The van der Waals surface area contributed by atoms with Crippen LogP contribution in [0.25, 0.3) is 0 Å². The second kappa shape index (κ2) is 8.39. The number of anilines is 1. The summed E-state index contributed by atoms with van der Waals surface area (Å²) < 4.78 is 6.29. The van der Waals surface area contributed by atoms with Gasteiger partial charge >= 0.3 is 6.09 Å². The van der Waals surface area contributed by atoms with Crippen LogP contribution in [0.3, 0.4) is 0 Å². The van der Waals surface area contributed by atoms with E-state index in [0.29, 0.717) is 5.82 Å². The highest BCUT2D eigenvalue weighted by atomic mass is 79.9. The zero-order valence-electron chi connectivity index (χ0n) is 13.4. The van der Waals surface area contributed by atoms with Gasteiger partial charge in [0.2, 0.25) is 0 Å². The van der Waals surface area contributed by atoms with Crippen LogP contribution in [0.1, 0.15) is 11.3 Å². The van der Waals surface area contributed by atoms with Crippen molar-refractivity contribution in [1.82, 2.24) is 9.97 Å². The zero-order chi connectivity index (χ0) is 17.5. The number of amides is 1. The third-order valence-corrected chi connectivity index (χ3v) is 3.93. The van der Waals surface area contributed by atoms with Gasteiger partial charge in [-0.15, -0.1) is 0 Å². The molecule has 0 atom stereocenters. The van der Waals surface area contributed by atoms with Crippen molar-refractivity contribution >= 4 is 27.8 Å². The van der Waals surface area contributed by atoms with Crippen LogP contribution < -0.4 is 4.90 Å². The molecule has 0 fully saturated rings. The lowest BCUT2D eigenvalue weighted by Crippen LogP contribution is -2.32. The fourth-order valence-corrected chi connectivity index (χ4v) is 2.45. The van der Waals surface area contributed by atoms with Gasteiger partial charge in [0.05, 0.1) is 12.2 Å². The summed E-state index contributed by atoms with van der Waals surface area (Å²) in [4.78, 5) is 22.7. The van der Waals surface area contributed by atoms with Gasteiger partial charge < -0.3 is 4.74 Å². The number of ether oxygens (including phenoxy) is 1. The van der Waals surface area contributed by atoms with Gasteiger partial charge in [-0.05, 0) is 45.8 Å². The molecule has 6 heteroatoms. The molecule has 2 heterocycles. The van der Waals surface area contributed by atoms with E-state index in [1.807, 2.05) is 54.6 Å². The molecule has 0 saturated heterocycles. The molecule has 3 rings (SSSR count). The summed E-state index contributed by atoms with van der Waals surface area (Å²) in [5.74, 6) is 0.506. The van der Waals surface area contributed by atoms with Gasteiger partial charge in [-0.1, -0.05) is 36.4 Å². The molecule has 3 aromatic rings. The largest absolute Gasteiger partial charge is 0.444 e. The lowest BCUT2D eigenvalue weighted by atomic mass is 10.2. The van der Waals surface area contributed by atoms with Crippen LogP contribution in [0.2, 0.25) is 0 Å². The van der Waals surface area contributed by atoms with E-state index >= 15 is 0 Å². The summed E-state index contributed by atoms with van der Waals surface area (Å²) in [6.07, 6.45) is 2.87. The van der Waals surface area contributed by atoms with Gasteiger partial charge in [-0.25, -0.2) is 9.78 Å². The summed E-state index contributed by atoms with van der Waals surface area (Å²) in [7, 11) is 0. The van der Waals surface area contributed by atoms with Crippen LogP contribution >= 0.6 is 15.9 Å². The number of rotatable bonds is 5. The Morgan fingerprint density at radius 2 is 1.80 bits per heavy atom. The minimum atomic E-state index is -0.468. The van der Waals surface area contributed by atoms with Crippen molar-refractivity contribution in [3.05, 3.63) is 88.8 Å². The molecular formula is C19H16BrN3O2. The van der Waals surface area contributed by atoms with Gasteiger partial charge in [-0.3, -0.25) is 9.88 Å². The molecule has 0 N–H and O–H groups in total. The van der Waals surface area contributed by atoms with E-state index in [1.54, 1.807) is 18.5 Å². The maximum atomic E-state index is 12.6. The van der Waals surface area contributed by atoms with Gasteiger partial charge in [0.1, 0.15) is 12.4 Å². The highest BCUT2D eigenvalue weighted by Crippen LogP contribution is 2.18. The van der Waals surface area contributed by atoms with E-state index in [2.05, 4.69) is 25.9 Å². The normalized spacial score (nSPS) is 10.3. The first kappa shape index (κ1) is 17.1. The van der Waals surface area contributed by atoms with Crippen LogP contribution in [0, 0.1) is 0 Å². The van der Waals surface area contributed by atoms with E-state index < -0.39 is 6.09 Å². The number of benzene rings is 1. The molecule has 0 aliphatic heterocycles. The van der Waals surface area contributed by atoms with Gasteiger partial charge in [0.15, 0.2) is 0 Å². The van der Waals surface area contributed by atoms with Crippen molar-refractivity contribution in [2.45, 2.75) is 13.2 Å². The molecule has 0 aliphatic rings. The maximum absolute atomic E-state index is 12.6. The molecule has 1 aromatic carbocycles. The molecule has 25 heavy (non-hydrogen) atoms. The Hall–Kier alpha value is -2.73. The van der Waals surface area contributed by atoms with E-state index in [4.69, 9.17) is 4.74 Å². The van der Waals surface area contributed by atoms with Crippen molar-refractivity contribution in [2.24, 2.45) is 0 Å². The average Bonchev–Trinajstić information content (AvgIpc) is 2.67. The second-order valence-corrected chi connectivity index (χ2v) is 6.20. The monoisotopic (exact) mass is 397 g/mol. The van der Waals surface area contributed by atoms with Crippen molar-refractivity contribution in [2.75, 3.05) is 4.90 Å².